The van der Waals surface area contributed by atoms with Crippen LogP contribution in [0.1, 0.15) is 13.8 Å². The summed E-state index contributed by atoms with van der Waals surface area (Å²) in [6, 6.07) is 0. The smallest absolute Gasteiger partial charge is 0.165 e. The van der Waals surface area contributed by atoms with E-state index >= 15 is 0 Å². The van der Waals surface area contributed by atoms with Crippen molar-refractivity contribution in [3.8, 4) is 0 Å². The maximum atomic E-state index is 2.63. The molecule has 11 heavy (non-hydrogen) atoms. The molecule has 0 bridgehead atoms. The van der Waals surface area contributed by atoms with Crippen LogP contribution < -0.4 is 0 Å². The van der Waals surface area contributed by atoms with Crippen LogP contribution in [0.2, 0.25) is 13.1 Å². The van der Waals surface area contributed by atoms with Gasteiger partial charge in [-0.1, -0.05) is 26.9 Å². The molecule has 0 aliphatic heterocycles. The normalized spacial score (nSPS) is 13.1. The highest BCUT2D eigenvalue weighted by Crippen LogP contribution is 1.91. The maximum absolute atomic E-state index is 2.63. The Morgan fingerprint density at radius 1 is 1.18 bits per heavy atom. The minimum absolute atomic E-state index is 0.0694. The van der Waals surface area contributed by atoms with Crippen molar-refractivity contribution in [1.82, 2.24) is 8.80 Å². The monoisotopic (exact) mass is 190 g/mol. The van der Waals surface area contributed by atoms with Crippen LogP contribution in [0.4, 0.5) is 0 Å². The predicted octanol–water partition coefficient (Wildman–Crippen LogP) is 0.242. The largest absolute Gasteiger partial charge is 0.344 e. The SMILES string of the molecule is CCN(CC)[SiH2]N(C)[SiH](C)C. The Morgan fingerprint density at radius 3 is 1.91 bits per heavy atom. The molecule has 0 aliphatic carbocycles. The third kappa shape index (κ3) is 4.73. The summed E-state index contributed by atoms with van der Waals surface area (Å²) in [5.41, 5.74) is 0. The number of rotatable bonds is 5. The fourth-order valence-electron chi connectivity index (χ4n) is 0.902. The first kappa shape index (κ1) is 11.4. The van der Waals surface area contributed by atoms with Crippen molar-refractivity contribution in [1.29, 1.82) is 0 Å². The zero-order valence-corrected chi connectivity index (χ0v) is 11.2. The van der Waals surface area contributed by atoms with E-state index in [0.717, 1.165) is 0 Å². The first-order chi connectivity index (χ1) is 5.11. The highest BCUT2D eigenvalue weighted by Gasteiger charge is 2.08. The Kier molecular flexibility index (Phi) is 6.13. The third-order valence-corrected chi connectivity index (χ3v) is 8.38. The van der Waals surface area contributed by atoms with Gasteiger partial charge in [0.1, 0.15) is 0 Å². The number of hydrogen-bond donors (Lipinski definition) is 0. The lowest BCUT2D eigenvalue weighted by Gasteiger charge is -2.27. The lowest BCUT2D eigenvalue weighted by Crippen LogP contribution is -2.44. The average Bonchev–Trinajstić information content (AvgIpc) is 1.99. The van der Waals surface area contributed by atoms with Crippen molar-refractivity contribution >= 4 is 18.8 Å². The van der Waals surface area contributed by atoms with E-state index in [1.54, 1.807) is 0 Å². The number of hydrogen-bond acceptors (Lipinski definition) is 2. The molecular weight excluding hydrogens is 168 g/mol. The molecule has 0 radical (unpaired) electrons. The maximum Gasteiger partial charge on any atom is 0.165 e. The van der Waals surface area contributed by atoms with Gasteiger partial charge in [-0.3, -0.25) is 0 Å². The molecule has 0 aromatic heterocycles. The summed E-state index contributed by atoms with van der Waals surface area (Å²) in [6.45, 7) is 11.8. The van der Waals surface area contributed by atoms with E-state index in [1.807, 2.05) is 0 Å². The van der Waals surface area contributed by atoms with Gasteiger partial charge >= 0.3 is 0 Å². The number of nitrogens with zero attached hydrogens (tertiary/aromatic N) is 2. The van der Waals surface area contributed by atoms with Crippen LogP contribution in [-0.4, -0.2) is 47.7 Å². The Labute approximate surface area is 75.2 Å². The Balaban J connectivity index is 3.62. The topological polar surface area (TPSA) is 6.48 Å². The zero-order chi connectivity index (χ0) is 8.85. The molecule has 0 amide bonds. The van der Waals surface area contributed by atoms with E-state index in [0.29, 0.717) is 0 Å². The van der Waals surface area contributed by atoms with Gasteiger partial charge in [0, 0.05) is 0 Å². The fourth-order valence-corrected chi connectivity index (χ4v) is 3.93. The Bertz CT molecular complexity index is 94.4. The first-order valence-corrected chi connectivity index (χ1v) is 8.63. The zero-order valence-electron chi connectivity index (χ0n) is 8.59. The fraction of sp³-hybridized carbons (Fsp3) is 1.00. The summed E-state index contributed by atoms with van der Waals surface area (Å²) in [4.78, 5) is 0. The summed E-state index contributed by atoms with van der Waals surface area (Å²) in [5.74, 6) is 0. The molecule has 0 fully saturated rings. The summed E-state index contributed by atoms with van der Waals surface area (Å²) in [7, 11) is 1.73. The van der Waals surface area contributed by atoms with Crippen LogP contribution in [0.3, 0.4) is 0 Å². The summed E-state index contributed by atoms with van der Waals surface area (Å²) in [6.07, 6.45) is 0. The van der Waals surface area contributed by atoms with Gasteiger partial charge in [0.25, 0.3) is 0 Å². The van der Waals surface area contributed by atoms with Crippen LogP contribution in [-0.2, 0) is 0 Å². The van der Waals surface area contributed by atoms with Gasteiger partial charge in [-0.15, -0.1) is 0 Å². The summed E-state index contributed by atoms with van der Waals surface area (Å²) < 4.78 is 5.22. The van der Waals surface area contributed by atoms with Crippen molar-refractivity contribution < 1.29 is 0 Å². The van der Waals surface area contributed by atoms with Gasteiger partial charge in [0.15, 0.2) is 9.84 Å². The highest BCUT2D eigenvalue weighted by atomic mass is 28.3. The van der Waals surface area contributed by atoms with E-state index < -0.39 is 8.96 Å². The van der Waals surface area contributed by atoms with Crippen LogP contribution in [0.15, 0.2) is 0 Å². The molecule has 0 heterocycles. The predicted molar refractivity (Wildman–Crippen MR) is 58.1 cm³/mol. The quantitative estimate of drug-likeness (QED) is 0.573. The molecule has 2 nitrogen and oxygen atoms in total. The lowest BCUT2D eigenvalue weighted by atomic mass is 10.7. The van der Waals surface area contributed by atoms with Crippen LogP contribution in [0.5, 0.6) is 0 Å². The molecule has 0 rings (SSSR count). The summed E-state index contributed by atoms with van der Waals surface area (Å²) in [5, 5.41) is 0. The van der Waals surface area contributed by atoms with E-state index in [9.17, 15) is 0 Å². The van der Waals surface area contributed by atoms with Crippen LogP contribution in [0, 0.1) is 0 Å². The molecule has 68 valence electrons. The van der Waals surface area contributed by atoms with Crippen molar-refractivity contribution in [3.63, 3.8) is 0 Å². The van der Waals surface area contributed by atoms with E-state index in [1.165, 1.54) is 13.1 Å². The standard InChI is InChI=1S/C7H22N2Si2/c1-6-9(7-2)10-8(3)11(4)5/h11H,6-7,10H2,1-5H3. The Morgan fingerprint density at radius 2 is 1.64 bits per heavy atom. The average molecular weight is 190 g/mol. The molecular formula is C7H22N2Si2. The van der Waals surface area contributed by atoms with Crippen molar-refractivity contribution in [2.75, 3.05) is 20.1 Å². The van der Waals surface area contributed by atoms with E-state index in [2.05, 4.69) is 42.8 Å². The molecule has 0 saturated carbocycles. The van der Waals surface area contributed by atoms with Crippen molar-refractivity contribution in [2.45, 2.75) is 26.9 Å². The van der Waals surface area contributed by atoms with Gasteiger partial charge in [0.2, 0.25) is 0 Å². The minimum Gasteiger partial charge on any atom is -0.344 e. The summed E-state index contributed by atoms with van der Waals surface area (Å²) >= 11 is 0. The molecule has 0 N–H and O–H groups in total. The molecule has 0 saturated heterocycles. The Hall–Kier alpha value is 0.354. The van der Waals surface area contributed by atoms with Crippen molar-refractivity contribution in [3.05, 3.63) is 0 Å². The van der Waals surface area contributed by atoms with Crippen LogP contribution in [0.25, 0.3) is 0 Å². The molecule has 0 aromatic rings. The molecule has 4 heteroatoms. The van der Waals surface area contributed by atoms with Gasteiger partial charge in [-0.2, -0.15) is 0 Å². The molecule has 0 aliphatic rings. The molecule has 0 spiro atoms. The van der Waals surface area contributed by atoms with Gasteiger partial charge < -0.3 is 8.80 Å². The molecule has 0 aromatic carbocycles. The first-order valence-electron chi connectivity index (χ1n) is 4.54. The van der Waals surface area contributed by atoms with E-state index in [4.69, 9.17) is 0 Å². The van der Waals surface area contributed by atoms with Crippen LogP contribution >= 0.6 is 0 Å². The van der Waals surface area contributed by atoms with Crippen molar-refractivity contribution in [2.24, 2.45) is 0 Å². The molecule has 0 atom stereocenters. The van der Waals surface area contributed by atoms with Gasteiger partial charge in [-0.25, -0.2) is 0 Å². The highest BCUT2D eigenvalue weighted by molar-refractivity contribution is 6.61. The molecule has 0 unspecified atom stereocenters. The minimum atomic E-state index is -0.495. The van der Waals surface area contributed by atoms with Gasteiger partial charge in [0.05, 0.1) is 8.96 Å². The lowest BCUT2D eigenvalue weighted by molar-refractivity contribution is 0.468. The second-order valence-electron chi connectivity index (χ2n) is 3.30. The van der Waals surface area contributed by atoms with Gasteiger partial charge in [-0.05, 0) is 20.1 Å². The second-order valence-corrected chi connectivity index (χ2v) is 9.27. The second kappa shape index (κ2) is 5.94. The third-order valence-electron chi connectivity index (χ3n) is 2.20. The van der Waals surface area contributed by atoms with E-state index in [-0.39, 0.29) is 9.84 Å².